The number of nitrogens with zero attached hydrogens (tertiary/aromatic N) is 4. The van der Waals surface area contributed by atoms with E-state index in [-0.39, 0.29) is 5.56 Å². The lowest BCUT2D eigenvalue weighted by atomic mass is 10.1. The van der Waals surface area contributed by atoms with Gasteiger partial charge in [-0.2, -0.15) is 0 Å². The first-order valence-electron chi connectivity index (χ1n) is 9.88. The van der Waals surface area contributed by atoms with E-state index in [4.69, 9.17) is 16.6 Å². The highest BCUT2D eigenvalue weighted by Gasteiger charge is 2.27. The number of halogens is 1. The minimum atomic E-state index is 0.00605. The topological polar surface area (TPSA) is 41.4 Å². The Morgan fingerprint density at radius 3 is 2.45 bits per heavy atom. The summed E-state index contributed by atoms with van der Waals surface area (Å²) >= 11 is 6.39. The first kappa shape index (κ1) is 19.7. The van der Waals surface area contributed by atoms with Crippen LogP contribution >= 0.6 is 11.6 Å². The van der Waals surface area contributed by atoms with Crippen LogP contribution in [0.5, 0.6) is 0 Å². The molecule has 4 rings (SSSR count). The Bertz CT molecular complexity index is 1090. The molecule has 0 saturated carbocycles. The van der Waals surface area contributed by atoms with Crippen LogP contribution in [0.1, 0.15) is 29.3 Å². The van der Waals surface area contributed by atoms with Gasteiger partial charge >= 0.3 is 0 Å². The van der Waals surface area contributed by atoms with Crippen LogP contribution in [-0.4, -0.2) is 21.1 Å². The second-order valence-corrected chi connectivity index (χ2v) is 7.91. The van der Waals surface area contributed by atoms with Gasteiger partial charge in [-0.1, -0.05) is 48.9 Å². The van der Waals surface area contributed by atoms with Crippen molar-refractivity contribution < 1.29 is 0 Å². The molecule has 0 unspecified atom stereocenters. The molecule has 0 atom stereocenters. The zero-order valence-electron chi connectivity index (χ0n) is 17.0. The van der Waals surface area contributed by atoms with Gasteiger partial charge in [-0.15, -0.1) is 0 Å². The van der Waals surface area contributed by atoms with E-state index in [1.807, 2.05) is 38.1 Å². The predicted octanol–water partition coefficient (Wildman–Crippen LogP) is 4.64. The highest BCUT2D eigenvalue weighted by molar-refractivity contribution is 6.31. The molecule has 1 aromatic heterocycles. The summed E-state index contributed by atoms with van der Waals surface area (Å²) in [5.41, 5.74) is 4.82. The number of hydrogen-bond donors (Lipinski definition) is 0. The van der Waals surface area contributed by atoms with E-state index < -0.39 is 0 Å². The third-order valence-corrected chi connectivity index (χ3v) is 5.92. The Kier molecular flexibility index (Phi) is 5.43. The number of anilines is 2. The van der Waals surface area contributed by atoms with Gasteiger partial charge in [0.15, 0.2) is 0 Å². The van der Waals surface area contributed by atoms with Crippen molar-refractivity contribution in [2.45, 2.75) is 40.4 Å². The van der Waals surface area contributed by atoms with Gasteiger partial charge in [0, 0.05) is 28.5 Å². The van der Waals surface area contributed by atoms with Gasteiger partial charge in [-0.25, -0.2) is 4.98 Å². The van der Waals surface area contributed by atoms with Crippen molar-refractivity contribution in [3.05, 3.63) is 86.3 Å². The highest BCUT2D eigenvalue weighted by atomic mass is 35.5. The zero-order chi connectivity index (χ0) is 20.5. The fraction of sp³-hybridized carbons (Fsp3) is 0.304. The maximum atomic E-state index is 13.0. The second kappa shape index (κ2) is 8.01. The molecule has 29 heavy (non-hydrogen) atoms. The average molecular weight is 409 g/mol. The molecular weight excluding hydrogens is 384 g/mol. The lowest BCUT2D eigenvalue weighted by Crippen LogP contribution is -2.47. The molecule has 2 heterocycles. The molecule has 0 spiro atoms. The normalized spacial score (nSPS) is 14.1. The number of hydrogen-bond acceptors (Lipinski definition) is 4. The van der Waals surface area contributed by atoms with Gasteiger partial charge in [0.2, 0.25) is 5.95 Å². The number of fused-ring (bicyclic) bond motifs is 1. The number of benzene rings is 2. The molecule has 0 saturated heterocycles. The van der Waals surface area contributed by atoms with Crippen LogP contribution in [0.15, 0.2) is 53.3 Å². The van der Waals surface area contributed by atoms with E-state index in [0.29, 0.717) is 31.4 Å². The molecule has 1 aliphatic heterocycles. The summed E-state index contributed by atoms with van der Waals surface area (Å²) in [6, 6.07) is 16.3. The van der Waals surface area contributed by atoms with Gasteiger partial charge in [0.1, 0.15) is 0 Å². The fourth-order valence-electron chi connectivity index (χ4n) is 3.66. The summed E-state index contributed by atoms with van der Waals surface area (Å²) in [7, 11) is 0. The maximum Gasteiger partial charge on any atom is 0.259 e. The number of rotatable bonds is 4. The molecule has 2 aromatic carbocycles. The van der Waals surface area contributed by atoms with Crippen LogP contribution in [-0.2, 0) is 19.6 Å². The molecule has 5 nitrogen and oxygen atoms in total. The van der Waals surface area contributed by atoms with E-state index in [9.17, 15) is 4.79 Å². The fourth-order valence-corrected chi connectivity index (χ4v) is 3.86. The highest BCUT2D eigenvalue weighted by Crippen LogP contribution is 2.29. The maximum absolute atomic E-state index is 13.0. The summed E-state index contributed by atoms with van der Waals surface area (Å²) in [6.45, 7) is 7.64. The van der Waals surface area contributed by atoms with E-state index >= 15 is 0 Å². The molecule has 0 fully saturated rings. The van der Waals surface area contributed by atoms with Gasteiger partial charge in [-0.05, 0) is 49.6 Å². The summed E-state index contributed by atoms with van der Waals surface area (Å²) in [5, 5.41) is 0.739. The van der Waals surface area contributed by atoms with Crippen molar-refractivity contribution in [1.29, 1.82) is 0 Å². The number of aryl methyl sites for hydroxylation is 2. The lowest BCUT2D eigenvalue weighted by molar-refractivity contribution is 0.190. The van der Waals surface area contributed by atoms with Gasteiger partial charge < -0.3 is 0 Å². The largest absolute Gasteiger partial charge is 0.298 e. The quantitative estimate of drug-likeness (QED) is 0.630. The Hall–Kier alpha value is -2.63. The number of aromatic nitrogens is 2. The summed E-state index contributed by atoms with van der Waals surface area (Å²) in [5.74, 6) is 0.692. The Morgan fingerprint density at radius 1 is 1.03 bits per heavy atom. The molecule has 0 aliphatic carbocycles. The van der Waals surface area contributed by atoms with E-state index in [1.165, 1.54) is 5.56 Å². The van der Waals surface area contributed by atoms with Crippen LogP contribution in [0.4, 0.5) is 11.6 Å². The minimum Gasteiger partial charge on any atom is -0.298 e. The lowest BCUT2D eigenvalue weighted by Gasteiger charge is -2.38. The second-order valence-electron chi connectivity index (χ2n) is 7.51. The summed E-state index contributed by atoms with van der Waals surface area (Å²) in [6.07, 6.45) is 0.992. The Labute approximate surface area is 176 Å². The average Bonchev–Trinajstić information content (AvgIpc) is 2.74. The van der Waals surface area contributed by atoms with Crippen molar-refractivity contribution in [2.75, 3.05) is 11.6 Å². The van der Waals surface area contributed by atoms with Crippen LogP contribution < -0.4 is 10.5 Å². The van der Waals surface area contributed by atoms with Crippen LogP contribution in [0.25, 0.3) is 0 Å². The van der Waals surface area contributed by atoms with E-state index in [2.05, 4.69) is 41.0 Å². The third-order valence-electron chi connectivity index (χ3n) is 5.55. The minimum absolute atomic E-state index is 0.00605. The smallest absolute Gasteiger partial charge is 0.259 e. The zero-order valence-corrected chi connectivity index (χ0v) is 17.8. The van der Waals surface area contributed by atoms with Crippen molar-refractivity contribution in [3.63, 3.8) is 0 Å². The van der Waals surface area contributed by atoms with E-state index in [0.717, 1.165) is 28.4 Å². The van der Waals surface area contributed by atoms with Crippen molar-refractivity contribution in [2.24, 2.45) is 0 Å². The third kappa shape index (κ3) is 3.80. The SMILES string of the molecule is CCc1ccc(N2CN(Cc3ccccc3Cl)Cn3c2nc(C)c(C)c3=O)cc1. The first-order valence-corrected chi connectivity index (χ1v) is 10.3. The standard InChI is InChI=1S/C23H25ClN4O/c1-4-18-9-11-20(12-10-18)27-14-26(13-19-7-5-6-8-21(19)24)15-28-22(29)16(2)17(3)25-23(27)28/h5-12H,4,13-15H2,1-3H3. The van der Waals surface area contributed by atoms with E-state index in [1.54, 1.807) is 4.57 Å². The van der Waals surface area contributed by atoms with Gasteiger partial charge in [0.25, 0.3) is 5.56 Å². The molecule has 0 N–H and O–H groups in total. The molecule has 3 aromatic rings. The summed E-state index contributed by atoms with van der Waals surface area (Å²) < 4.78 is 1.76. The Balaban J connectivity index is 1.77. The molecule has 0 amide bonds. The molecule has 0 radical (unpaired) electrons. The monoisotopic (exact) mass is 408 g/mol. The molecule has 1 aliphatic rings. The van der Waals surface area contributed by atoms with Crippen LogP contribution in [0, 0.1) is 13.8 Å². The molecule has 150 valence electrons. The van der Waals surface area contributed by atoms with Gasteiger partial charge in [0.05, 0.1) is 13.3 Å². The first-order chi connectivity index (χ1) is 14.0. The van der Waals surface area contributed by atoms with Crippen molar-refractivity contribution in [1.82, 2.24) is 14.5 Å². The molecular formula is C23H25ClN4O. The summed E-state index contributed by atoms with van der Waals surface area (Å²) in [4.78, 5) is 22.1. The van der Waals surface area contributed by atoms with Crippen LogP contribution in [0.2, 0.25) is 5.02 Å². The predicted molar refractivity (Wildman–Crippen MR) is 118 cm³/mol. The molecule has 0 bridgehead atoms. The van der Waals surface area contributed by atoms with Gasteiger partial charge in [-0.3, -0.25) is 19.2 Å². The van der Waals surface area contributed by atoms with Crippen molar-refractivity contribution >= 4 is 23.2 Å². The van der Waals surface area contributed by atoms with Crippen molar-refractivity contribution in [3.8, 4) is 0 Å². The van der Waals surface area contributed by atoms with Crippen LogP contribution in [0.3, 0.4) is 0 Å². The molecule has 6 heteroatoms. The Morgan fingerprint density at radius 2 is 1.76 bits per heavy atom.